The normalized spacial score (nSPS) is 22.1. The maximum atomic E-state index is 10.2. The average Bonchev–Trinajstić information content (AvgIpc) is 3.41. The van der Waals surface area contributed by atoms with E-state index in [1.54, 1.807) is 12.1 Å². The number of epoxide rings is 2. The largest absolute Gasteiger partial charge is 0.508 e. The van der Waals surface area contributed by atoms with Gasteiger partial charge >= 0.3 is 0 Å². The van der Waals surface area contributed by atoms with Gasteiger partial charge in [-0.05, 0) is 48.2 Å². The number of rotatable bonds is 4. The Morgan fingerprint density at radius 3 is 1.48 bits per heavy atom. The van der Waals surface area contributed by atoms with Crippen molar-refractivity contribution in [3.63, 3.8) is 0 Å². The van der Waals surface area contributed by atoms with Crippen LogP contribution in [0.25, 0.3) is 0 Å². The van der Waals surface area contributed by atoms with Crippen LogP contribution in [0.1, 0.15) is 59.4 Å². The van der Waals surface area contributed by atoms with Crippen LogP contribution in [-0.4, -0.2) is 23.4 Å². The number of benzene rings is 2. The summed E-state index contributed by atoms with van der Waals surface area (Å²) in [5, 5.41) is 20.5. The zero-order valence-corrected chi connectivity index (χ0v) is 15.1. The van der Waals surface area contributed by atoms with Crippen LogP contribution in [0.4, 0.5) is 0 Å². The van der Waals surface area contributed by atoms with Crippen molar-refractivity contribution in [3.05, 3.63) is 57.6 Å². The number of aromatic hydroxyl groups is 2. The van der Waals surface area contributed by atoms with Crippen molar-refractivity contribution in [1.29, 1.82) is 0 Å². The van der Waals surface area contributed by atoms with Crippen LogP contribution in [0.5, 0.6) is 11.5 Å². The summed E-state index contributed by atoms with van der Waals surface area (Å²) in [6, 6.07) is 7.52. The van der Waals surface area contributed by atoms with E-state index >= 15 is 0 Å². The molecule has 0 radical (unpaired) electrons. The van der Waals surface area contributed by atoms with Crippen LogP contribution in [-0.2, 0) is 14.9 Å². The number of phenols is 2. The molecular weight excluding hydrogens is 316 g/mol. The van der Waals surface area contributed by atoms with E-state index in [0.29, 0.717) is 24.7 Å². The molecule has 0 spiro atoms. The fourth-order valence-electron chi connectivity index (χ4n) is 4.17. The average molecular weight is 340 g/mol. The van der Waals surface area contributed by atoms with Gasteiger partial charge in [-0.25, -0.2) is 0 Å². The highest BCUT2D eigenvalue weighted by atomic mass is 16.6. The van der Waals surface area contributed by atoms with Crippen molar-refractivity contribution in [2.75, 3.05) is 13.2 Å². The molecule has 0 aliphatic carbocycles. The Morgan fingerprint density at radius 1 is 0.800 bits per heavy atom. The van der Waals surface area contributed by atoms with Crippen molar-refractivity contribution >= 4 is 0 Å². The minimum atomic E-state index is -0.275. The number of ether oxygens (including phenoxy) is 2. The third kappa shape index (κ3) is 2.60. The smallest absolute Gasteiger partial charge is 0.121 e. The van der Waals surface area contributed by atoms with Crippen molar-refractivity contribution in [2.24, 2.45) is 0 Å². The molecule has 0 aromatic heterocycles. The van der Waals surface area contributed by atoms with Gasteiger partial charge in [0.1, 0.15) is 23.7 Å². The van der Waals surface area contributed by atoms with Gasteiger partial charge in [0.2, 0.25) is 0 Å². The Hall–Kier alpha value is -2.04. The molecule has 2 aromatic rings. The number of phenolic OH excluding ortho intramolecular Hbond substituents is 2. The molecule has 4 rings (SSSR count). The fourth-order valence-corrected chi connectivity index (χ4v) is 4.17. The predicted molar refractivity (Wildman–Crippen MR) is 95.2 cm³/mol. The molecule has 2 N–H and O–H groups in total. The Balaban J connectivity index is 1.86. The molecule has 0 saturated carbocycles. The molecule has 2 aliphatic rings. The number of hydrogen-bond acceptors (Lipinski definition) is 4. The monoisotopic (exact) mass is 340 g/mol. The molecule has 132 valence electrons. The van der Waals surface area contributed by atoms with E-state index in [-0.39, 0.29) is 17.6 Å². The molecule has 2 aromatic carbocycles. The lowest BCUT2D eigenvalue weighted by Crippen LogP contribution is -2.23. The van der Waals surface area contributed by atoms with Crippen molar-refractivity contribution < 1.29 is 19.7 Å². The van der Waals surface area contributed by atoms with E-state index in [9.17, 15) is 10.2 Å². The molecule has 2 unspecified atom stereocenters. The van der Waals surface area contributed by atoms with E-state index in [4.69, 9.17) is 9.47 Å². The molecule has 4 nitrogen and oxygen atoms in total. The molecule has 25 heavy (non-hydrogen) atoms. The first kappa shape index (κ1) is 16.4. The SMILES string of the molecule is Cc1c(C(C)(C)c2ccc(O)c(C3CO3)c2C)ccc(O)c1C1CO1. The summed E-state index contributed by atoms with van der Waals surface area (Å²) >= 11 is 0. The van der Waals surface area contributed by atoms with Crippen LogP contribution < -0.4 is 0 Å². The second-order valence-corrected chi connectivity index (χ2v) is 7.61. The summed E-state index contributed by atoms with van der Waals surface area (Å²) in [6.45, 7) is 9.80. The van der Waals surface area contributed by atoms with Crippen molar-refractivity contribution in [3.8, 4) is 11.5 Å². The van der Waals surface area contributed by atoms with E-state index in [2.05, 4.69) is 27.7 Å². The summed E-state index contributed by atoms with van der Waals surface area (Å²) in [7, 11) is 0. The standard InChI is InChI=1S/C21H24O4/c1-11-13(5-7-15(22)19(11)17-9-24-17)21(3,4)14-6-8-16(23)20(12(14)2)18-10-25-18/h5-8,17-18,22-23H,9-10H2,1-4H3. The highest BCUT2D eigenvalue weighted by Crippen LogP contribution is 2.46. The van der Waals surface area contributed by atoms with Crippen LogP contribution in [0, 0.1) is 13.8 Å². The van der Waals surface area contributed by atoms with E-state index in [0.717, 1.165) is 33.4 Å². The minimum absolute atomic E-state index is 0.00656. The van der Waals surface area contributed by atoms with E-state index < -0.39 is 0 Å². The summed E-state index contributed by atoms with van der Waals surface area (Å²) in [6.07, 6.45) is 0.0131. The molecule has 2 heterocycles. The minimum Gasteiger partial charge on any atom is -0.508 e. The van der Waals surface area contributed by atoms with Gasteiger partial charge in [-0.1, -0.05) is 26.0 Å². The molecule has 2 aliphatic heterocycles. The zero-order valence-electron chi connectivity index (χ0n) is 15.1. The fraction of sp³-hybridized carbons (Fsp3) is 0.429. The van der Waals surface area contributed by atoms with Gasteiger partial charge in [-0.15, -0.1) is 0 Å². The van der Waals surface area contributed by atoms with Crippen LogP contribution in [0.15, 0.2) is 24.3 Å². The highest BCUT2D eigenvalue weighted by molar-refractivity contribution is 5.56. The molecule has 4 heteroatoms. The third-order valence-electron chi connectivity index (χ3n) is 5.64. The van der Waals surface area contributed by atoms with Gasteiger partial charge in [0.15, 0.2) is 0 Å². The molecule has 0 amide bonds. The second-order valence-electron chi connectivity index (χ2n) is 7.61. The Bertz CT molecular complexity index is 776. The third-order valence-corrected chi connectivity index (χ3v) is 5.64. The van der Waals surface area contributed by atoms with E-state index in [1.165, 1.54) is 0 Å². The Kier molecular flexibility index (Phi) is 3.60. The van der Waals surface area contributed by atoms with Gasteiger partial charge in [0.25, 0.3) is 0 Å². The van der Waals surface area contributed by atoms with Crippen LogP contribution in [0.3, 0.4) is 0 Å². The summed E-state index contributed by atoms with van der Waals surface area (Å²) in [4.78, 5) is 0. The first-order chi connectivity index (χ1) is 11.8. The molecule has 2 saturated heterocycles. The lowest BCUT2D eigenvalue weighted by Gasteiger charge is -2.31. The lowest BCUT2D eigenvalue weighted by atomic mass is 9.72. The molecular formula is C21H24O4. The zero-order chi connectivity index (χ0) is 17.9. The molecule has 2 fully saturated rings. The lowest BCUT2D eigenvalue weighted by molar-refractivity contribution is 0.398. The summed E-state index contributed by atoms with van der Waals surface area (Å²) < 4.78 is 10.8. The summed E-state index contributed by atoms with van der Waals surface area (Å²) in [5.74, 6) is 0.600. The predicted octanol–water partition coefficient (Wildman–Crippen LogP) is 4.18. The van der Waals surface area contributed by atoms with Crippen LogP contribution in [0.2, 0.25) is 0 Å². The van der Waals surface area contributed by atoms with Gasteiger partial charge in [0, 0.05) is 16.5 Å². The first-order valence-electron chi connectivity index (χ1n) is 8.71. The maximum Gasteiger partial charge on any atom is 0.121 e. The topological polar surface area (TPSA) is 65.5 Å². The number of hydrogen-bond donors (Lipinski definition) is 2. The van der Waals surface area contributed by atoms with Crippen LogP contribution >= 0.6 is 0 Å². The maximum absolute atomic E-state index is 10.2. The van der Waals surface area contributed by atoms with Gasteiger partial charge < -0.3 is 19.7 Å². The second kappa shape index (κ2) is 5.48. The van der Waals surface area contributed by atoms with E-state index in [1.807, 2.05) is 12.1 Å². The summed E-state index contributed by atoms with van der Waals surface area (Å²) in [5.41, 5.74) is 5.98. The Labute approximate surface area is 148 Å². The van der Waals surface area contributed by atoms with Gasteiger partial charge in [-0.2, -0.15) is 0 Å². The van der Waals surface area contributed by atoms with Gasteiger partial charge in [-0.3, -0.25) is 0 Å². The molecule has 2 atom stereocenters. The molecule has 0 bridgehead atoms. The Morgan fingerprint density at radius 2 is 1.16 bits per heavy atom. The van der Waals surface area contributed by atoms with Crippen molar-refractivity contribution in [1.82, 2.24) is 0 Å². The highest BCUT2D eigenvalue weighted by Gasteiger charge is 2.36. The van der Waals surface area contributed by atoms with Gasteiger partial charge in [0.05, 0.1) is 13.2 Å². The van der Waals surface area contributed by atoms with Crippen molar-refractivity contribution in [2.45, 2.75) is 45.3 Å². The quantitative estimate of drug-likeness (QED) is 0.819. The first-order valence-corrected chi connectivity index (χ1v) is 8.71.